The number of nitrogens with zero attached hydrogens (tertiary/aromatic N) is 6. The highest BCUT2D eigenvalue weighted by Gasteiger charge is 2.26. The Bertz CT molecular complexity index is 2680. The van der Waals surface area contributed by atoms with E-state index >= 15 is 0 Å². The molecule has 0 saturated heterocycles. The van der Waals surface area contributed by atoms with Crippen LogP contribution >= 0.6 is 0 Å². The van der Waals surface area contributed by atoms with Crippen LogP contribution in [0, 0.1) is 5.41 Å². The summed E-state index contributed by atoms with van der Waals surface area (Å²) in [7, 11) is 0. The zero-order valence-electron chi connectivity index (χ0n) is 36.2. The number of para-hydroxylation sites is 1. The second kappa shape index (κ2) is 21.2. The van der Waals surface area contributed by atoms with Crippen molar-refractivity contribution in [1.82, 2.24) is 50.4 Å². The topological polar surface area (TPSA) is 300 Å². The van der Waals surface area contributed by atoms with Gasteiger partial charge in [-0.05, 0) is 49.6 Å². The number of nitrogens with two attached hydrogens (primary N) is 2. The summed E-state index contributed by atoms with van der Waals surface area (Å²) in [4.78, 5) is 86.4. The van der Waals surface area contributed by atoms with Gasteiger partial charge in [0.25, 0.3) is 11.5 Å². The number of nitrogen functional groups attached to an aromatic ring is 2. The summed E-state index contributed by atoms with van der Waals surface area (Å²) in [6.45, 7) is 8.44. The highest BCUT2D eigenvalue weighted by molar-refractivity contribution is 6.06. The number of carbonyl (C=O) groups excluding carboxylic acids is 3. The number of aliphatic carboxylic acids is 1. The van der Waals surface area contributed by atoms with Gasteiger partial charge in [-0.2, -0.15) is 4.98 Å². The molecule has 1 unspecified atom stereocenters. The van der Waals surface area contributed by atoms with Crippen molar-refractivity contribution in [2.24, 2.45) is 5.41 Å². The standard InChI is InChI=1S/C44H55N13O7/c1-4-5-11-32-54-35-37(29-9-6-7-10-30(29)52-38(35)45)57(32)25-44(2,3)24-50-34(59)18-21-64-20-8-19-47-33(58)17-16-31(42(62)63)53-40(60)26-12-14-27(15-13-26)48-22-28-23-49-39-36(51-28)41(61)56-43(46)55-39/h6-7,9-10,12-15,23,31,48H,4-5,8,11,16-22,24-25H2,1-3H3,(H2,45,52)(H,47,58)(H,50,59)(H,53,60)(H,62,63)(H3,46,49,55,56,61). The zero-order chi connectivity index (χ0) is 45.8. The normalized spacial score (nSPS) is 12.0. The number of hydrogen-bond donors (Lipinski definition) is 8. The summed E-state index contributed by atoms with van der Waals surface area (Å²) in [5.74, 6) is -1.09. The Hall–Kier alpha value is -7.22. The quantitative estimate of drug-likeness (QED) is 0.0428. The zero-order valence-corrected chi connectivity index (χ0v) is 36.2. The lowest BCUT2D eigenvalue weighted by molar-refractivity contribution is -0.139. The molecular formula is C44H55N13O7. The van der Waals surface area contributed by atoms with E-state index < -0.39 is 23.5 Å². The number of hydrogen-bond acceptors (Lipinski definition) is 14. The maximum atomic E-state index is 12.9. The second-order valence-corrected chi connectivity index (χ2v) is 16.3. The van der Waals surface area contributed by atoms with Gasteiger partial charge >= 0.3 is 5.97 Å². The Morgan fingerprint density at radius 2 is 1.69 bits per heavy atom. The van der Waals surface area contributed by atoms with Gasteiger partial charge in [0.1, 0.15) is 17.4 Å². The average molecular weight is 878 g/mol. The van der Waals surface area contributed by atoms with E-state index in [0.29, 0.717) is 55.4 Å². The van der Waals surface area contributed by atoms with Crippen molar-refractivity contribution < 1.29 is 29.0 Å². The van der Waals surface area contributed by atoms with E-state index in [-0.39, 0.29) is 72.3 Å². The van der Waals surface area contributed by atoms with Gasteiger partial charge in [0.05, 0.1) is 36.1 Å². The lowest BCUT2D eigenvalue weighted by atomic mass is 9.93. The minimum atomic E-state index is -1.29. The van der Waals surface area contributed by atoms with Crippen LogP contribution in [0.15, 0.2) is 59.5 Å². The number of imidazole rings is 1. The maximum Gasteiger partial charge on any atom is 0.326 e. The van der Waals surface area contributed by atoms with Crippen LogP contribution in [0.4, 0.5) is 17.5 Å². The molecule has 0 radical (unpaired) electrons. The third kappa shape index (κ3) is 12.2. The molecule has 4 aromatic heterocycles. The molecule has 338 valence electrons. The Morgan fingerprint density at radius 1 is 0.922 bits per heavy atom. The van der Waals surface area contributed by atoms with E-state index in [4.69, 9.17) is 21.2 Å². The Morgan fingerprint density at radius 3 is 2.45 bits per heavy atom. The number of pyridine rings is 1. The molecule has 0 aliphatic carbocycles. The van der Waals surface area contributed by atoms with Gasteiger partial charge in [-0.15, -0.1) is 0 Å². The molecule has 0 saturated carbocycles. The number of carboxylic acid groups (broad SMARTS) is 1. The minimum Gasteiger partial charge on any atom is -0.480 e. The number of aryl methyl sites for hydroxylation is 1. The lowest BCUT2D eigenvalue weighted by Gasteiger charge is -2.27. The molecule has 64 heavy (non-hydrogen) atoms. The molecular weight excluding hydrogens is 823 g/mol. The number of unbranched alkanes of at least 4 members (excludes halogenated alkanes) is 1. The largest absolute Gasteiger partial charge is 0.480 e. The number of rotatable bonds is 23. The first-order chi connectivity index (χ1) is 30.7. The van der Waals surface area contributed by atoms with Gasteiger partial charge in [-0.25, -0.2) is 24.7 Å². The van der Waals surface area contributed by atoms with Gasteiger partial charge < -0.3 is 47.1 Å². The van der Waals surface area contributed by atoms with Crippen LogP contribution < -0.4 is 38.3 Å². The van der Waals surface area contributed by atoms with Crippen molar-refractivity contribution in [3.05, 3.63) is 82.2 Å². The highest BCUT2D eigenvalue weighted by atomic mass is 16.5. The van der Waals surface area contributed by atoms with Crippen LogP contribution in [-0.4, -0.2) is 95.6 Å². The first-order valence-electron chi connectivity index (χ1n) is 21.2. The third-order valence-corrected chi connectivity index (χ3v) is 10.4. The van der Waals surface area contributed by atoms with Crippen LogP contribution in [0.1, 0.15) is 81.2 Å². The molecule has 0 aliphatic rings. The molecule has 20 heteroatoms. The molecule has 4 heterocycles. The number of benzene rings is 2. The molecule has 0 aliphatic heterocycles. The Kier molecular flexibility index (Phi) is 15.4. The number of anilines is 3. The van der Waals surface area contributed by atoms with Crippen molar-refractivity contribution >= 4 is 74.2 Å². The first kappa shape index (κ1) is 46.3. The number of carbonyl (C=O) groups is 4. The number of H-pyrrole nitrogens is 1. The van der Waals surface area contributed by atoms with Crippen LogP contribution in [0.25, 0.3) is 33.1 Å². The van der Waals surface area contributed by atoms with Gasteiger partial charge in [0.2, 0.25) is 17.8 Å². The van der Waals surface area contributed by atoms with E-state index in [1.54, 1.807) is 12.1 Å². The fourth-order valence-corrected chi connectivity index (χ4v) is 7.03. The monoisotopic (exact) mass is 877 g/mol. The smallest absolute Gasteiger partial charge is 0.326 e. The molecule has 0 fully saturated rings. The van der Waals surface area contributed by atoms with E-state index in [9.17, 15) is 29.1 Å². The molecule has 20 nitrogen and oxygen atoms in total. The van der Waals surface area contributed by atoms with Crippen LogP contribution in [-0.2, 0) is 38.6 Å². The number of amides is 3. The first-order valence-corrected chi connectivity index (χ1v) is 21.2. The highest BCUT2D eigenvalue weighted by Crippen LogP contribution is 2.32. The Labute approximate surface area is 368 Å². The van der Waals surface area contributed by atoms with E-state index in [2.05, 4.69) is 71.5 Å². The number of nitrogens with one attached hydrogen (secondary N) is 5. The lowest BCUT2D eigenvalue weighted by Crippen LogP contribution is -2.41. The summed E-state index contributed by atoms with van der Waals surface area (Å²) in [6, 6.07) is 12.9. The van der Waals surface area contributed by atoms with Gasteiger partial charge in [-0.1, -0.05) is 45.4 Å². The summed E-state index contributed by atoms with van der Waals surface area (Å²) in [5.41, 5.74) is 15.1. The number of aromatic amines is 1. The van der Waals surface area contributed by atoms with Crippen molar-refractivity contribution in [1.29, 1.82) is 0 Å². The second-order valence-electron chi connectivity index (χ2n) is 16.3. The molecule has 1 atom stereocenters. The Balaban J connectivity index is 0.860. The minimum absolute atomic E-state index is 0.0511. The fourth-order valence-electron chi connectivity index (χ4n) is 7.03. The molecule has 0 bridgehead atoms. The third-order valence-electron chi connectivity index (χ3n) is 10.4. The number of fused-ring (bicyclic) bond motifs is 4. The summed E-state index contributed by atoms with van der Waals surface area (Å²) < 4.78 is 7.88. The molecule has 10 N–H and O–H groups in total. The van der Waals surface area contributed by atoms with E-state index in [1.165, 1.54) is 18.3 Å². The van der Waals surface area contributed by atoms with Gasteiger partial charge in [-0.3, -0.25) is 24.2 Å². The maximum absolute atomic E-state index is 12.9. The van der Waals surface area contributed by atoms with E-state index in [0.717, 1.165) is 41.5 Å². The fraction of sp³-hybridized carbons (Fsp3) is 0.409. The molecule has 2 aromatic carbocycles. The number of ether oxygens (including phenoxy) is 1. The molecule has 6 rings (SSSR count). The van der Waals surface area contributed by atoms with Crippen molar-refractivity contribution in [2.75, 3.05) is 43.1 Å². The predicted molar refractivity (Wildman–Crippen MR) is 242 cm³/mol. The van der Waals surface area contributed by atoms with Gasteiger partial charge in [0.15, 0.2) is 17.0 Å². The number of carboxylic acids is 1. The van der Waals surface area contributed by atoms with Crippen LogP contribution in [0.5, 0.6) is 0 Å². The van der Waals surface area contributed by atoms with E-state index in [1.807, 2.05) is 24.3 Å². The number of aromatic nitrogens is 7. The SMILES string of the molecule is CCCCc1nc2c(N)nc3ccccc3c2n1CC(C)(C)CNC(=O)CCOCCCNC(=O)CCC(NC(=O)c1ccc(NCc2cnc3nc(N)[nH]c(=O)c3n2)cc1)C(=O)O. The van der Waals surface area contributed by atoms with Crippen LogP contribution in [0.2, 0.25) is 0 Å². The van der Waals surface area contributed by atoms with Crippen molar-refractivity contribution in [3.63, 3.8) is 0 Å². The predicted octanol–water partition coefficient (Wildman–Crippen LogP) is 3.45. The summed E-state index contributed by atoms with van der Waals surface area (Å²) >= 11 is 0. The van der Waals surface area contributed by atoms with Gasteiger partial charge in [0, 0.05) is 67.6 Å². The molecule has 0 spiro atoms. The average Bonchev–Trinajstić information content (AvgIpc) is 3.63. The van der Waals surface area contributed by atoms with Crippen molar-refractivity contribution in [2.45, 2.75) is 84.8 Å². The summed E-state index contributed by atoms with van der Waals surface area (Å²) in [5, 5.41) is 22.1. The molecule has 3 amide bonds. The molecule has 6 aromatic rings. The summed E-state index contributed by atoms with van der Waals surface area (Å²) in [6.07, 6.45) is 4.71. The van der Waals surface area contributed by atoms with Crippen molar-refractivity contribution in [3.8, 4) is 0 Å². The van der Waals surface area contributed by atoms with Crippen LogP contribution in [0.3, 0.4) is 0 Å².